The van der Waals surface area contributed by atoms with Crippen molar-refractivity contribution in [2.24, 2.45) is 0 Å². The molecule has 0 unspecified atom stereocenters. The van der Waals surface area contributed by atoms with Gasteiger partial charge >= 0.3 is 5.97 Å². The van der Waals surface area contributed by atoms with Gasteiger partial charge in [0.2, 0.25) is 0 Å². The summed E-state index contributed by atoms with van der Waals surface area (Å²) in [6, 6.07) is 23.5. The molecule has 1 aromatic heterocycles. The number of pyridine rings is 1. The van der Waals surface area contributed by atoms with Crippen molar-refractivity contribution < 1.29 is 13.9 Å². The fraction of sp³-hybridized carbons (Fsp3) is 0.0435. The zero-order valence-electron chi connectivity index (χ0n) is 15.1. The molecule has 28 heavy (non-hydrogen) atoms. The lowest BCUT2D eigenvalue weighted by atomic mass is 10.1. The summed E-state index contributed by atoms with van der Waals surface area (Å²) >= 11 is 1.50. The SMILES string of the molecule is COC(=O)c1ccccc1Sc1ccc2nc(-c3ccc(F)cc3)ccc2c1. The first kappa shape index (κ1) is 18.2. The summed E-state index contributed by atoms with van der Waals surface area (Å²) < 4.78 is 18.0. The summed E-state index contributed by atoms with van der Waals surface area (Å²) in [7, 11) is 1.38. The Balaban J connectivity index is 1.65. The van der Waals surface area contributed by atoms with Gasteiger partial charge in [0.15, 0.2) is 0 Å². The zero-order chi connectivity index (χ0) is 19.5. The molecule has 4 rings (SSSR count). The van der Waals surface area contributed by atoms with Crippen LogP contribution in [0.3, 0.4) is 0 Å². The molecule has 1 heterocycles. The second kappa shape index (κ2) is 7.82. The number of carbonyl (C=O) groups excluding carboxylic acids is 1. The lowest BCUT2D eigenvalue weighted by molar-refractivity contribution is 0.0597. The predicted octanol–water partition coefficient (Wildman–Crippen LogP) is 5.98. The van der Waals surface area contributed by atoms with Crippen molar-refractivity contribution in [2.75, 3.05) is 7.11 Å². The van der Waals surface area contributed by atoms with Gasteiger partial charge < -0.3 is 4.74 Å². The fourth-order valence-electron chi connectivity index (χ4n) is 2.91. The minimum absolute atomic E-state index is 0.265. The summed E-state index contributed by atoms with van der Waals surface area (Å²) in [4.78, 5) is 18.5. The molecule has 3 aromatic carbocycles. The van der Waals surface area contributed by atoms with Gasteiger partial charge in [-0.1, -0.05) is 30.0 Å². The molecule has 0 amide bonds. The number of nitrogens with zero attached hydrogens (tertiary/aromatic N) is 1. The predicted molar refractivity (Wildman–Crippen MR) is 109 cm³/mol. The molecule has 0 saturated carbocycles. The molecule has 0 saturated heterocycles. The van der Waals surface area contributed by atoms with E-state index in [0.717, 1.165) is 32.0 Å². The Bertz CT molecular complexity index is 1160. The van der Waals surface area contributed by atoms with Crippen LogP contribution < -0.4 is 0 Å². The van der Waals surface area contributed by atoms with Gasteiger partial charge in [-0.2, -0.15) is 0 Å². The first-order valence-electron chi connectivity index (χ1n) is 8.66. The van der Waals surface area contributed by atoms with Gasteiger partial charge in [0.25, 0.3) is 0 Å². The molecule has 138 valence electrons. The zero-order valence-corrected chi connectivity index (χ0v) is 15.9. The molecule has 3 nitrogen and oxygen atoms in total. The van der Waals surface area contributed by atoms with E-state index in [9.17, 15) is 9.18 Å². The highest BCUT2D eigenvalue weighted by Crippen LogP contribution is 2.33. The van der Waals surface area contributed by atoms with Crippen LogP contribution >= 0.6 is 11.8 Å². The normalized spacial score (nSPS) is 10.8. The molecule has 0 aliphatic rings. The number of ether oxygens (including phenoxy) is 1. The third kappa shape index (κ3) is 3.75. The molecule has 5 heteroatoms. The van der Waals surface area contributed by atoms with Gasteiger partial charge in [-0.15, -0.1) is 0 Å². The minimum atomic E-state index is -0.352. The highest BCUT2D eigenvalue weighted by molar-refractivity contribution is 7.99. The number of hydrogen-bond donors (Lipinski definition) is 0. The second-order valence-electron chi connectivity index (χ2n) is 6.15. The first-order chi connectivity index (χ1) is 13.6. The van der Waals surface area contributed by atoms with Gasteiger partial charge in [-0.05, 0) is 60.7 Å². The molecule has 0 spiro atoms. The molecule has 0 bridgehead atoms. The van der Waals surface area contributed by atoms with E-state index in [0.29, 0.717) is 5.56 Å². The maximum atomic E-state index is 13.1. The van der Waals surface area contributed by atoms with E-state index < -0.39 is 0 Å². The van der Waals surface area contributed by atoms with E-state index in [1.54, 1.807) is 18.2 Å². The number of rotatable bonds is 4. The third-order valence-electron chi connectivity index (χ3n) is 4.32. The molecular weight excluding hydrogens is 373 g/mol. The molecular formula is C23H16FNO2S. The van der Waals surface area contributed by atoms with E-state index in [1.807, 2.05) is 48.5 Å². The van der Waals surface area contributed by atoms with E-state index in [4.69, 9.17) is 4.74 Å². The van der Waals surface area contributed by atoms with Crippen molar-refractivity contribution in [1.29, 1.82) is 0 Å². The molecule has 0 aliphatic heterocycles. The van der Waals surface area contributed by atoms with Crippen LogP contribution in [0, 0.1) is 5.82 Å². The van der Waals surface area contributed by atoms with Crippen molar-refractivity contribution in [2.45, 2.75) is 9.79 Å². The Morgan fingerprint density at radius 2 is 1.75 bits per heavy atom. The number of benzene rings is 3. The van der Waals surface area contributed by atoms with Gasteiger partial charge in [0.05, 0.1) is 23.9 Å². The van der Waals surface area contributed by atoms with E-state index in [1.165, 1.54) is 31.0 Å². The number of esters is 1. The number of fused-ring (bicyclic) bond motifs is 1. The number of halogens is 1. The molecule has 0 aliphatic carbocycles. The molecule has 0 N–H and O–H groups in total. The Kier molecular flexibility index (Phi) is 5.08. The second-order valence-corrected chi connectivity index (χ2v) is 7.26. The maximum Gasteiger partial charge on any atom is 0.339 e. The maximum absolute atomic E-state index is 13.1. The molecule has 0 fully saturated rings. The Hall–Kier alpha value is -3.18. The van der Waals surface area contributed by atoms with Crippen LogP contribution in [0.4, 0.5) is 4.39 Å². The van der Waals surface area contributed by atoms with Crippen LogP contribution in [-0.2, 0) is 4.74 Å². The van der Waals surface area contributed by atoms with Crippen LogP contribution in [0.25, 0.3) is 22.2 Å². The summed E-state index contributed by atoms with van der Waals surface area (Å²) in [6.45, 7) is 0. The van der Waals surface area contributed by atoms with Gasteiger partial charge in [-0.25, -0.2) is 14.2 Å². The van der Waals surface area contributed by atoms with Crippen molar-refractivity contribution in [3.05, 3.63) is 90.2 Å². The van der Waals surface area contributed by atoms with Gasteiger partial charge in [0, 0.05) is 20.7 Å². The number of aromatic nitrogens is 1. The van der Waals surface area contributed by atoms with Crippen molar-refractivity contribution >= 4 is 28.6 Å². The summed E-state index contributed by atoms with van der Waals surface area (Å²) in [5.41, 5.74) is 3.06. The average molecular weight is 389 g/mol. The van der Waals surface area contributed by atoms with Crippen LogP contribution in [0.2, 0.25) is 0 Å². The van der Waals surface area contributed by atoms with E-state index in [-0.39, 0.29) is 11.8 Å². The van der Waals surface area contributed by atoms with Crippen molar-refractivity contribution in [3.8, 4) is 11.3 Å². The average Bonchev–Trinajstić information content (AvgIpc) is 2.74. The fourth-order valence-corrected chi connectivity index (χ4v) is 3.89. The number of carbonyl (C=O) groups is 1. The van der Waals surface area contributed by atoms with Crippen LogP contribution in [0.15, 0.2) is 88.7 Å². The Morgan fingerprint density at radius 3 is 2.54 bits per heavy atom. The minimum Gasteiger partial charge on any atom is -0.465 e. The standard InChI is InChI=1S/C23H16FNO2S/c1-27-23(26)19-4-2-3-5-22(19)28-18-11-13-21-16(14-18)8-12-20(25-21)15-6-9-17(24)10-7-15/h2-14H,1H3. The molecule has 4 aromatic rings. The smallest absolute Gasteiger partial charge is 0.339 e. The van der Waals surface area contributed by atoms with E-state index >= 15 is 0 Å². The lowest BCUT2D eigenvalue weighted by Crippen LogP contribution is -2.02. The van der Waals surface area contributed by atoms with E-state index in [2.05, 4.69) is 4.98 Å². The first-order valence-corrected chi connectivity index (χ1v) is 9.47. The number of hydrogen-bond acceptors (Lipinski definition) is 4. The van der Waals surface area contributed by atoms with Crippen LogP contribution in [-0.4, -0.2) is 18.1 Å². The van der Waals surface area contributed by atoms with Crippen LogP contribution in [0.5, 0.6) is 0 Å². The van der Waals surface area contributed by atoms with Crippen LogP contribution in [0.1, 0.15) is 10.4 Å². The summed E-state index contributed by atoms with van der Waals surface area (Å²) in [5.74, 6) is -0.618. The van der Waals surface area contributed by atoms with Crippen molar-refractivity contribution in [3.63, 3.8) is 0 Å². The number of methoxy groups -OCH3 is 1. The Labute approximate surface area is 166 Å². The summed E-state index contributed by atoms with van der Waals surface area (Å²) in [6.07, 6.45) is 0. The topological polar surface area (TPSA) is 39.2 Å². The lowest BCUT2D eigenvalue weighted by Gasteiger charge is -2.09. The largest absolute Gasteiger partial charge is 0.465 e. The summed E-state index contributed by atoms with van der Waals surface area (Å²) in [5, 5.41) is 0.992. The van der Waals surface area contributed by atoms with Gasteiger partial charge in [-0.3, -0.25) is 0 Å². The highest BCUT2D eigenvalue weighted by Gasteiger charge is 2.12. The quantitative estimate of drug-likeness (QED) is 0.403. The monoisotopic (exact) mass is 389 g/mol. The van der Waals surface area contributed by atoms with Crippen molar-refractivity contribution in [1.82, 2.24) is 4.98 Å². The molecule has 0 atom stereocenters. The highest BCUT2D eigenvalue weighted by atomic mass is 32.2. The Morgan fingerprint density at radius 1 is 0.964 bits per heavy atom. The molecule has 0 radical (unpaired) electrons. The van der Waals surface area contributed by atoms with Gasteiger partial charge in [0.1, 0.15) is 5.82 Å². The third-order valence-corrected chi connectivity index (χ3v) is 5.39.